The highest BCUT2D eigenvalue weighted by atomic mass is 13.9. The summed E-state index contributed by atoms with van der Waals surface area (Å²) in [5.41, 5.74) is 1.49. The van der Waals surface area contributed by atoms with Crippen molar-refractivity contribution in [2.45, 2.75) is 52.9 Å². The summed E-state index contributed by atoms with van der Waals surface area (Å²) in [6.45, 7) is 6.57. The van der Waals surface area contributed by atoms with Crippen LogP contribution in [0.3, 0.4) is 0 Å². The van der Waals surface area contributed by atoms with E-state index in [1.807, 2.05) is 0 Å². The zero-order valence-corrected chi connectivity index (χ0v) is 8.61. The van der Waals surface area contributed by atoms with Crippen molar-refractivity contribution >= 4 is 0 Å². The average molecular weight is 164 g/mol. The highest BCUT2D eigenvalue weighted by molar-refractivity contribution is 5.20. The van der Waals surface area contributed by atoms with E-state index in [4.69, 9.17) is 0 Å². The Labute approximate surface area is 77.1 Å². The highest BCUT2D eigenvalue weighted by Crippen LogP contribution is 2.07. The Kier molecular flexibility index (Phi) is 7.91. The first kappa shape index (κ1) is 11.3. The van der Waals surface area contributed by atoms with Crippen LogP contribution in [0.15, 0.2) is 11.6 Å². The maximum Gasteiger partial charge on any atom is 0.00896 e. The molecule has 0 nitrogen and oxygen atoms in total. The summed E-state index contributed by atoms with van der Waals surface area (Å²) in [5, 5.41) is 0. The molecule has 0 heteroatoms. The van der Waals surface area contributed by atoms with Crippen LogP contribution < -0.4 is 0 Å². The lowest BCUT2D eigenvalue weighted by Gasteiger charge is -1.97. The standard InChI is InChI=1S/C12H20/c1-4-7-8-9-11-12(6-3)10-5-2/h11H,4-7,10H2,1-3H3/b12-11+. The summed E-state index contributed by atoms with van der Waals surface area (Å²) >= 11 is 0. The lowest BCUT2D eigenvalue weighted by Crippen LogP contribution is -1.78. The minimum absolute atomic E-state index is 1.03. The van der Waals surface area contributed by atoms with Gasteiger partial charge in [0, 0.05) is 6.42 Å². The van der Waals surface area contributed by atoms with E-state index in [2.05, 4.69) is 38.7 Å². The van der Waals surface area contributed by atoms with Crippen LogP contribution in [0.5, 0.6) is 0 Å². The second-order valence-corrected chi connectivity index (χ2v) is 2.98. The van der Waals surface area contributed by atoms with Gasteiger partial charge in [0.05, 0.1) is 0 Å². The SMILES string of the molecule is CCCC#C/C=C(\CC)CCC. The van der Waals surface area contributed by atoms with Crippen LogP contribution >= 0.6 is 0 Å². The van der Waals surface area contributed by atoms with Gasteiger partial charge in [-0.3, -0.25) is 0 Å². The minimum Gasteiger partial charge on any atom is -0.0985 e. The zero-order valence-electron chi connectivity index (χ0n) is 8.61. The molecule has 0 radical (unpaired) electrons. The second kappa shape index (κ2) is 8.40. The van der Waals surface area contributed by atoms with Crippen LogP contribution in [0, 0.1) is 11.8 Å². The third-order valence-electron chi connectivity index (χ3n) is 1.78. The fourth-order valence-corrected chi connectivity index (χ4v) is 1.02. The van der Waals surface area contributed by atoms with Gasteiger partial charge in [0.15, 0.2) is 0 Å². The molecular formula is C12H20. The molecule has 0 heterocycles. The molecule has 0 saturated carbocycles. The fourth-order valence-electron chi connectivity index (χ4n) is 1.02. The Bertz CT molecular complexity index is 176. The van der Waals surface area contributed by atoms with Gasteiger partial charge in [-0.05, 0) is 25.3 Å². The van der Waals surface area contributed by atoms with Gasteiger partial charge in [0.1, 0.15) is 0 Å². The molecule has 0 aliphatic carbocycles. The molecule has 0 fully saturated rings. The van der Waals surface area contributed by atoms with Gasteiger partial charge in [-0.25, -0.2) is 0 Å². The lowest BCUT2D eigenvalue weighted by atomic mass is 10.1. The molecule has 0 aromatic carbocycles. The van der Waals surface area contributed by atoms with Gasteiger partial charge in [-0.2, -0.15) is 0 Å². The molecule has 0 unspecified atom stereocenters. The zero-order chi connectivity index (χ0) is 9.23. The maximum atomic E-state index is 3.13. The van der Waals surface area contributed by atoms with E-state index in [1.165, 1.54) is 18.4 Å². The van der Waals surface area contributed by atoms with Crippen molar-refractivity contribution in [3.05, 3.63) is 11.6 Å². The van der Waals surface area contributed by atoms with Crippen LogP contribution in [-0.4, -0.2) is 0 Å². The maximum absolute atomic E-state index is 3.13. The van der Waals surface area contributed by atoms with Gasteiger partial charge in [0.25, 0.3) is 0 Å². The van der Waals surface area contributed by atoms with Crippen LogP contribution in [0.2, 0.25) is 0 Å². The summed E-state index contributed by atoms with van der Waals surface area (Å²) in [4.78, 5) is 0. The van der Waals surface area contributed by atoms with Crippen LogP contribution in [0.25, 0.3) is 0 Å². The summed E-state index contributed by atoms with van der Waals surface area (Å²) in [7, 11) is 0. The Morgan fingerprint density at radius 2 is 1.92 bits per heavy atom. The molecule has 0 saturated heterocycles. The largest absolute Gasteiger partial charge is 0.0985 e. The van der Waals surface area contributed by atoms with Crippen molar-refractivity contribution in [1.29, 1.82) is 0 Å². The van der Waals surface area contributed by atoms with E-state index < -0.39 is 0 Å². The first-order valence-electron chi connectivity index (χ1n) is 5.01. The normalized spacial score (nSPS) is 10.8. The van der Waals surface area contributed by atoms with Crippen molar-refractivity contribution in [3.8, 4) is 11.8 Å². The topological polar surface area (TPSA) is 0 Å². The van der Waals surface area contributed by atoms with Gasteiger partial charge in [0.2, 0.25) is 0 Å². The van der Waals surface area contributed by atoms with Crippen molar-refractivity contribution in [2.75, 3.05) is 0 Å². The number of rotatable bonds is 4. The van der Waals surface area contributed by atoms with Gasteiger partial charge in [-0.1, -0.05) is 44.6 Å². The van der Waals surface area contributed by atoms with Crippen molar-refractivity contribution in [1.82, 2.24) is 0 Å². The quantitative estimate of drug-likeness (QED) is 0.552. The molecule has 0 aliphatic heterocycles. The Morgan fingerprint density at radius 1 is 1.17 bits per heavy atom. The van der Waals surface area contributed by atoms with Crippen molar-refractivity contribution in [3.63, 3.8) is 0 Å². The first-order chi connectivity index (χ1) is 5.85. The van der Waals surface area contributed by atoms with E-state index in [0.29, 0.717) is 0 Å². The van der Waals surface area contributed by atoms with Gasteiger partial charge in [-0.15, -0.1) is 0 Å². The summed E-state index contributed by atoms with van der Waals surface area (Å²) in [6.07, 6.45) is 7.87. The lowest BCUT2D eigenvalue weighted by molar-refractivity contribution is 0.859. The summed E-state index contributed by atoms with van der Waals surface area (Å²) in [5.74, 6) is 6.24. The molecule has 12 heavy (non-hydrogen) atoms. The number of allylic oxidation sites excluding steroid dienone is 2. The number of hydrogen-bond donors (Lipinski definition) is 0. The first-order valence-corrected chi connectivity index (χ1v) is 5.01. The van der Waals surface area contributed by atoms with Crippen LogP contribution in [0.1, 0.15) is 52.9 Å². The fraction of sp³-hybridized carbons (Fsp3) is 0.667. The molecule has 0 aromatic heterocycles. The molecule has 0 aliphatic rings. The molecule has 0 spiro atoms. The monoisotopic (exact) mass is 164 g/mol. The minimum atomic E-state index is 1.03. The molecule has 0 amide bonds. The van der Waals surface area contributed by atoms with Crippen molar-refractivity contribution < 1.29 is 0 Å². The smallest absolute Gasteiger partial charge is 0.00896 e. The number of hydrogen-bond acceptors (Lipinski definition) is 0. The highest BCUT2D eigenvalue weighted by Gasteiger charge is 1.88. The molecular weight excluding hydrogens is 144 g/mol. The molecule has 0 rings (SSSR count). The Balaban J connectivity index is 3.86. The molecule has 0 atom stereocenters. The van der Waals surface area contributed by atoms with Gasteiger partial charge < -0.3 is 0 Å². The number of unbranched alkanes of at least 4 members (excludes halogenated alkanes) is 1. The summed E-state index contributed by atoms with van der Waals surface area (Å²) in [6, 6.07) is 0. The second-order valence-electron chi connectivity index (χ2n) is 2.98. The summed E-state index contributed by atoms with van der Waals surface area (Å²) < 4.78 is 0. The van der Waals surface area contributed by atoms with E-state index in [9.17, 15) is 0 Å². The van der Waals surface area contributed by atoms with E-state index in [1.54, 1.807) is 0 Å². The third kappa shape index (κ3) is 6.04. The Morgan fingerprint density at radius 3 is 2.42 bits per heavy atom. The third-order valence-corrected chi connectivity index (χ3v) is 1.78. The predicted molar refractivity (Wildman–Crippen MR) is 56.0 cm³/mol. The van der Waals surface area contributed by atoms with Crippen molar-refractivity contribution in [2.24, 2.45) is 0 Å². The molecule has 0 N–H and O–H groups in total. The molecule has 0 bridgehead atoms. The predicted octanol–water partition coefficient (Wildman–Crippen LogP) is 3.93. The van der Waals surface area contributed by atoms with E-state index in [0.717, 1.165) is 19.3 Å². The van der Waals surface area contributed by atoms with Gasteiger partial charge >= 0.3 is 0 Å². The Hall–Kier alpha value is -0.700. The van der Waals surface area contributed by atoms with E-state index >= 15 is 0 Å². The van der Waals surface area contributed by atoms with Crippen LogP contribution in [0.4, 0.5) is 0 Å². The van der Waals surface area contributed by atoms with Crippen LogP contribution in [-0.2, 0) is 0 Å². The van der Waals surface area contributed by atoms with E-state index in [-0.39, 0.29) is 0 Å². The average Bonchev–Trinajstić information content (AvgIpc) is 2.10. The molecule has 0 aromatic rings. The molecule has 68 valence electrons.